The maximum Gasteiger partial charge on any atom is 0.0525 e. The van der Waals surface area contributed by atoms with Crippen LogP contribution in [0.4, 0.5) is 0 Å². The van der Waals surface area contributed by atoms with E-state index in [-0.39, 0.29) is 0 Å². The number of nitrogens with zero attached hydrogens (tertiary/aromatic N) is 2. The lowest BCUT2D eigenvalue weighted by Gasteiger charge is -2.14. The maximum atomic E-state index is 5.29. The molecule has 0 saturated heterocycles. The third-order valence-corrected chi connectivity index (χ3v) is 2.91. The standard InChI is InChI=1S/C13H25N3O/c1-4-12(3)16-13(7-9-15-16)11-14-8-6-10-17-5-2/h7,9,12,14H,4-6,8,10-11H2,1-3H3. The van der Waals surface area contributed by atoms with Crippen molar-refractivity contribution in [2.24, 2.45) is 0 Å². The summed E-state index contributed by atoms with van der Waals surface area (Å²) < 4.78 is 7.40. The number of hydrogen-bond acceptors (Lipinski definition) is 3. The Hall–Kier alpha value is -0.870. The van der Waals surface area contributed by atoms with Gasteiger partial charge in [0, 0.05) is 32.0 Å². The molecule has 0 radical (unpaired) electrons. The normalized spacial score (nSPS) is 12.9. The van der Waals surface area contributed by atoms with Crippen LogP contribution in [-0.4, -0.2) is 29.5 Å². The molecule has 1 heterocycles. The summed E-state index contributed by atoms with van der Waals surface area (Å²) in [7, 11) is 0. The molecule has 1 rings (SSSR count). The molecule has 0 aliphatic heterocycles. The quantitative estimate of drug-likeness (QED) is 0.672. The summed E-state index contributed by atoms with van der Waals surface area (Å²) in [6.07, 6.45) is 4.05. The first kappa shape index (κ1) is 14.2. The van der Waals surface area contributed by atoms with Crippen molar-refractivity contribution < 1.29 is 4.74 Å². The first-order valence-electron chi connectivity index (χ1n) is 6.60. The average molecular weight is 239 g/mol. The van der Waals surface area contributed by atoms with Gasteiger partial charge in [0.05, 0.1) is 5.69 Å². The molecular weight excluding hydrogens is 214 g/mol. The highest BCUT2D eigenvalue weighted by Crippen LogP contribution is 2.11. The fraction of sp³-hybridized carbons (Fsp3) is 0.769. The smallest absolute Gasteiger partial charge is 0.0525 e. The van der Waals surface area contributed by atoms with Crippen LogP contribution in [0.25, 0.3) is 0 Å². The molecule has 1 unspecified atom stereocenters. The van der Waals surface area contributed by atoms with Gasteiger partial charge >= 0.3 is 0 Å². The zero-order valence-corrected chi connectivity index (χ0v) is 11.3. The van der Waals surface area contributed by atoms with Crippen LogP contribution in [0.5, 0.6) is 0 Å². The third-order valence-electron chi connectivity index (χ3n) is 2.91. The molecule has 0 aliphatic carbocycles. The molecule has 17 heavy (non-hydrogen) atoms. The van der Waals surface area contributed by atoms with Gasteiger partial charge < -0.3 is 10.1 Å². The Kier molecular flexibility index (Phi) is 6.89. The van der Waals surface area contributed by atoms with Crippen molar-refractivity contribution in [1.82, 2.24) is 15.1 Å². The van der Waals surface area contributed by atoms with Crippen LogP contribution in [0.1, 0.15) is 45.3 Å². The molecule has 0 amide bonds. The molecule has 98 valence electrons. The minimum Gasteiger partial charge on any atom is -0.382 e. The van der Waals surface area contributed by atoms with E-state index in [4.69, 9.17) is 4.74 Å². The number of rotatable bonds is 9. The topological polar surface area (TPSA) is 39.1 Å². The first-order valence-corrected chi connectivity index (χ1v) is 6.60. The van der Waals surface area contributed by atoms with Gasteiger partial charge in [-0.2, -0.15) is 5.10 Å². The number of hydrogen-bond donors (Lipinski definition) is 1. The van der Waals surface area contributed by atoms with E-state index in [9.17, 15) is 0 Å². The lowest BCUT2D eigenvalue weighted by Crippen LogP contribution is -2.20. The van der Waals surface area contributed by atoms with Crippen molar-refractivity contribution >= 4 is 0 Å². The zero-order chi connectivity index (χ0) is 12.5. The van der Waals surface area contributed by atoms with Crippen molar-refractivity contribution in [2.45, 2.75) is 46.2 Å². The number of ether oxygens (including phenoxy) is 1. The molecule has 4 heteroatoms. The minimum absolute atomic E-state index is 0.477. The van der Waals surface area contributed by atoms with Crippen molar-refractivity contribution in [3.63, 3.8) is 0 Å². The van der Waals surface area contributed by atoms with Gasteiger partial charge in [-0.15, -0.1) is 0 Å². The Morgan fingerprint density at radius 3 is 3.00 bits per heavy atom. The van der Waals surface area contributed by atoms with E-state index in [2.05, 4.69) is 35.0 Å². The van der Waals surface area contributed by atoms with E-state index in [1.165, 1.54) is 5.69 Å². The molecule has 1 aromatic rings. The Balaban J connectivity index is 2.24. The summed E-state index contributed by atoms with van der Waals surface area (Å²) in [4.78, 5) is 0. The highest BCUT2D eigenvalue weighted by molar-refractivity contribution is 5.01. The van der Waals surface area contributed by atoms with E-state index in [1.807, 2.05) is 13.1 Å². The van der Waals surface area contributed by atoms with E-state index in [0.717, 1.165) is 39.1 Å². The van der Waals surface area contributed by atoms with Crippen molar-refractivity contribution in [2.75, 3.05) is 19.8 Å². The van der Waals surface area contributed by atoms with Gasteiger partial charge in [-0.1, -0.05) is 6.92 Å². The van der Waals surface area contributed by atoms with Crippen LogP contribution in [0.3, 0.4) is 0 Å². The second-order valence-electron chi connectivity index (χ2n) is 4.25. The molecule has 4 nitrogen and oxygen atoms in total. The van der Waals surface area contributed by atoms with Crippen LogP contribution in [0, 0.1) is 0 Å². The molecule has 0 bridgehead atoms. The third kappa shape index (κ3) is 4.88. The molecule has 0 fully saturated rings. The van der Waals surface area contributed by atoms with Gasteiger partial charge in [-0.25, -0.2) is 0 Å². The largest absolute Gasteiger partial charge is 0.382 e. The van der Waals surface area contributed by atoms with E-state index in [0.29, 0.717) is 6.04 Å². The molecule has 0 aliphatic rings. The molecule has 0 saturated carbocycles. The second-order valence-corrected chi connectivity index (χ2v) is 4.25. The summed E-state index contributed by atoms with van der Waals surface area (Å²) in [5, 5.41) is 7.79. The van der Waals surface area contributed by atoms with Crippen LogP contribution in [-0.2, 0) is 11.3 Å². The van der Waals surface area contributed by atoms with E-state index < -0.39 is 0 Å². The molecule has 0 aromatic carbocycles. The van der Waals surface area contributed by atoms with Gasteiger partial charge in [0.25, 0.3) is 0 Å². The Labute approximate surface area is 104 Å². The van der Waals surface area contributed by atoms with Gasteiger partial charge in [-0.05, 0) is 39.3 Å². The SMILES string of the molecule is CCOCCCNCc1ccnn1C(C)CC. The highest BCUT2D eigenvalue weighted by Gasteiger charge is 2.07. The Morgan fingerprint density at radius 1 is 1.47 bits per heavy atom. The monoisotopic (exact) mass is 239 g/mol. The molecule has 0 spiro atoms. The van der Waals surface area contributed by atoms with Crippen LogP contribution in [0.2, 0.25) is 0 Å². The predicted octanol–water partition coefficient (Wildman–Crippen LogP) is 2.37. The lowest BCUT2D eigenvalue weighted by atomic mass is 10.2. The van der Waals surface area contributed by atoms with E-state index in [1.54, 1.807) is 0 Å². The van der Waals surface area contributed by atoms with Gasteiger partial charge in [0.2, 0.25) is 0 Å². The summed E-state index contributed by atoms with van der Waals surface area (Å²) in [5.74, 6) is 0. The summed E-state index contributed by atoms with van der Waals surface area (Å²) >= 11 is 0. The van der Waals surface area contributed by atoms with Crippen molar-refractivity contribution in [3.8, 4) is 0 Å². The van der Waals surface area contributed by atoms with Crippen LogP contribution < -0.4 is 5.32 Å². The molecular formula is C13H25N3O. The van der Waals surface area contributed by atoms with E-state index >= 15 is 0 Å². The first-order chi connectivity index (χ1) is 8.29. The predicted molar refractivity (Wildman–Crippen MR) is 70.0 cm³/mol. The fourth-order valence-corrected chi connectivity index (χ4v) is 1.71. The highest BCUT2D eigenvalue weighted by atomic mass is 16.5. The zero-order valence-electron chi connectivity index (χ0n) is 11.3. The lowest BCUT2D eigenvalue weighted by molar-refractivity contribution is 0.144. The Morgan fingerprint density at radius 2 is 2.29 bits per heavy atom. The van der Waals surface area contributed by atoms with Crippen molar-refractivity contribution in [3.05, 3.63) is 18.0 Å². The van der Waals surface area contributed by atoms with Gasteiger partial charge in [-0.3, -0.25) is 4.68 Å². The number of aromatic nitrogens is 2. The summed E-state index contributed by atoms with van der Waals surface area (Å²) in [6, 6.07) is 2.56. The fourth-order valence-electron chi connectivity index (χ4n) is 1.71. The van der Waals surface area contributed by atoms with Crippen LogP contribution >= 0.6 is 0 Å². The van der Waals surface area contributed by atoms with Gasteiger partial charge in [0.1, 0.15) is 0 Å². The molecule has 1 atom stereocenters. The maximum absolute atomic E-state index is 5.29. The van der Waals surface area contributed by atoms with Gasteiger partial charge in [0.15, 0.2) is 0 Å². The van der Waals surface area contributed by atoms with Crippen molar-refractivity contribution in [1.29, 1.82) is 0 Å². The average Bonchev–Trinajstić information content (AvgIpc) is 2.81. The second kappa shape index (κ2) is 8.25. The molecule has 1 aromatic heterocycles. The Bertz CT molecular complexity index is 299. The summed E-state index contributed by atoms with van der Waals surface area (Å²) in [6.45, 7) is 9.94. The van der Waals surface area contributed by atoms with Crippen LogP contribution in [0.15, 0.2) is 12.3 Å². The molecule has 1 N–H and O–H groups in total. The number of nitrogens with one attached hydrogen (secondary N) is 1. The minimum atomic E-state index is 0.477. The summed E-state index contributed by atoms with van der Waals surface area (Å²) in [5.41, 5.74) is 1.26.